The van der Waals surface area contributed by atoms with Crippen molar-refractivity contribution in [3.63, 3.8) is 0 Å². The number of nitrogens with one attached hydrogen (secondary N) is 1. The Morgan fingerprint density at radius 3 is 2.96 bits per heavy atom. The van der Waals surface area contributed by atoms with Crippen molar-refractivity contribution < 1.29 is 13.9 Å². The minimum absolute atomic E-state index is 0.324. The highest BCUT2D eigenvalue weighted by Crippen LogP contribution is 2.32. The Balaban J connectivity index is 1.63. The molecule has 0 aliphatic heterocycles. The first-order chi connectivity index (χ1) is 12.0. The first kappa shape index (κ1) is 17.7. The maximum atomic E-state index is 13.6. The predicted octanol–water partition coefficient (Wildman–Crippen LogP) is 4.30. The average Bonchev–Trinajstić information content (AvgIpc) is 3.31. The van der Waals surface area contributed by atoms with Crippen molar-refractivity contribution >= 4 is 23.1 Å². The molecule has 0 bridgehead atoms. The van der Waals surface area contributed by atoms with E-state index in [9.17, 15) is 9.18 Å². The topological polar surface area (TPSA) is 54.5 Å². The maximum Gasteiger partial charge on any atom is 0.322 e. The lowest BCUT2D eigenvalue weighted by Crippen LogP contribution is -2.31. The van der Waals surface area contributed by atoms with Crippen molar-refractivity contribution in [1.82, 2.24) is 9.88 Å². The zero-order valence-corrected chi connectivity index (χ0v) is 15.2. The molecule has 1 heterocycles. The van der Waals surface area contributed by atoms with E-state index in [-0.39, 0.29) is 6.03 Å². The Morgan fingerprint density at radius 1 is 1.48 bits per heavy atom. The Hall–Kier alpha value is -2.15. The molecular formula is C18H22FN3O2S. The van der Waals surface area contributed by atoms with Gasteiger partial charge in [-0.25, -0.2) is 14.2 Å². The van der Waals surface area contributed by atoms with Crippen LogP contribution in [0.15, 0.2) is 24.4 Å². The summed E-state index contributed by atoms with van der Waals surface area (Å²) in [6.07, 6.45) is 5.10. The molecule has 1 saturated carbocycles. The molecule has 2 aromatic rings. The van der Waals surface area contributed by atoms with Gasteiger partial charge in [0.05, 0.1) is 18.8 Å². The number of anilines is 1. The number of carbonyl (C=O) groups is 1. The van der Waals surface area contributed by atoms with Crippen molar-refractivity contribution in [2.24, 2.45) is 5.92 Å². The molecule has 0 atom stereocenters. The minimum atomic E-state index is -0.413. The average molecular weight is 363 g/mol. The summed E-state index contributed by atoms with van der Waals surface area (Å²) in [5, 5.41) is 3.61. The summed E-state index contributed by atoms with van der Waals surface area (Å²) in [4.78, 5) is 19.4. The Kier molecular flexibility index (Phi) is 5.53. The molecule has 0 saturated heterocycles. The van der Waals surface area contributed by atoms with E-state index in [2.05, 4.69) is 17.2 Å². The number of hydrogen-bond donors (Lipinski definition) is 1. The first-order valence-electron chi connectivity index (χ1n) is 8.43. The molecule has 0 spiro atoms. The molecule has 134 valence electrons. The fourth-order valence-corrected chi connectivity index (χ4v) is 3.20. The van der Waals surface area contributed by atoms with Crippen molar-refractivity contribution in [2.75, 3.05) is 19.0 Å². The normalized spacial score (nSPS) is 13.6. The number of rotatable bonds is 7. The van der Waals surface area contributed by atoms with E-state index in [1.807, 2.05) is 6.20 Å². The smallest absolute Gasteiger partial charge is 0.322 e. The van der Waals surface area contributed by atoms with E-state index in [0.717, 1.165) is 11.4 Å². The molecule has 5 nitrogen and oxygen atoms in total. The minimum Gasteiger partial charge on any atom is -0.491 e. The summed E-state index contributed by atoms with van der Waals surface area (Å²) in [5.74, 6) is 0.663. The van der Waals surface area contributed by atoms with E-state index >= 15 is 0 Å². The van der Waals surface area contributed by atoms with Gasteiger partial charge in [-0.15, -0.1) is 11.3 Å². The van der Waals surface area contributed by atoms with Crippen LogP contribution in [0.25, 0.3) is 0 Å². The quantitative estimate of drug-likeness (QED) is 0.798. The fourth-order valence-electron chi connectivity index (χ4n) is 2.29. The number of urea groups is 1. The highest BCUT2D eigenvalue weighted by atomic mass is 32.1. The molecule has 1 aromatic carbocycles. The van der Waals surface area contributed by atoms with Crippen LogP contribution in [0.2, 0.25) is 0 Å². The van der Waals surface area contributed by atoms with Crippen LogP contribution in [0.5, 0.6) is 5.75 Å². The van der Waals surface area contributed by atoms with Crippen molar-refractivity contribution in [1.29, 1.82) is 0 Å². The summed E-state index contributed by atoms with van der Waals surface area (Å²) in [6.45, 7) is 3.08. The van der Waals surface area contributed by atoms with Gasteiger partial charge in [0.25, 0.3) is 0 Å². The second-order valence-corrected chi connectivity index (χ2v) is 7.45. The number of aromatic nitrogens is 1. The van der Waals surface area contributed by atoms with E-state index < -0.39 is 5.82 Å². The SMILES string of the molecule is CCc1cnc(CN(C)C(=O)Nc2cc(F)ccc2OCC2CC2)s1. The number of hydrogen-bond acceptors (Lipinski definition) is 4. The lowest BCUT2D eigenvalue weighted by atomic mass is 10.3. The highest BCUT2D eigenvalue weighted by Gasteiger charge is 2.23. The molecule has 3 rings (SSSR count). The third kappa shape index (κ3) is 4.92. The van der Waals surface area contributed by atoms with Crippen LogP contribution in [-0.4, -0.2) is 29.6 Å². The Morgan fingerprint density at radius 2 is 2.28 bits per heavy atom. The lowest BCUT2D eigenvalue weighted by molar-refractivity contribution is 0.220. The first-order valence-corrected chi connectivity index (χ1v) is 9.25. The van der Waals surface area contributed by atoms with Gasteiger partial charge in [-0.1, -0.05) is 6.92 Å². The van der Waals surface area contributed by atoms with Crippen LogP contribution in [0.3, 0.4) is 0 Å². The Labute approximate surface area is 150 Å². The van der Waals surface area contributed by atoms with Gasteiger partial charge in [0, 0.05) is 24.2 Å². The number of benzene rings is 1. The third-order valence-corrected chi connectivity index (χ3v) is 5.15. The van der Waals surface area contributed by atoms with E-state index in [1.165, 1.54) is 34.8 Å². The van der Waals surface area contributed by atoms with Crippen LogP contribution in [0, 0.1) is 11.7 Å². The number of ether oxygens (including phenoxy) is 1. The van der Waals surface area contributed by atoms with Crippen LogP contribution >= 0.6 is 11.3 Å². The van der Waals surface area contributed by atoms with Gasteiger partial charge in [0.2, 0.25) is 0 Å². The zero-order chi connectivity index (χ0) is 17.8. The summed E-state index contributed by atoms with van der Waals surface area (Å²) >= 11 is 1.59. The summed E-state index contributed by atoms with van der Waals surface area (Å²) in [7, 11) is 1.69. The molecule has 0 unspecified atom stereocenters. The van der Waals surface area contributed by atoms with Crippen LogP contribution < -0.4 is 10.1 Å². The van der Waals surface area contributed by atoms with Gasteiger partial charge in [-0.3, -0.25) is 0 Å². The highest BCUT2D eigenvalue weighted by molar-refractivity contribution is 7.11. The second-order valence-electron chi connectivity index (χ2n) is 6.25. The van der Waals surface area contributed by atoms with Gasteiger partial charge in [-0.05, 0) is 37.3 Å². The molecule has 25 heavy (non-hydrogen) atoms. The maximum absolute atomic E-state index is 13.6. The second kappa shape index (κ2) is 7.82. The van der Waals surface area contributed by atoms with E-state index in [4.69, 9.17) is 4.74 Å². The number of aryl methyl sites for hydroxylation is 1. The van der Waals surface area contributed by atoms with Gasteiger partial charge in [-0.2, -0.15) is 0 Å². The molecule has 0 radical (unpaired) electrons. The van der Waals surface area contributed by atoms with Crippen molar-refractivity contribution in [3.05, 3.63) is 40.1 Å². The Bertz CT molecular complexity index is 746. The predicted molar refractivity (Wildman–Crippen MR) is 96.6 cm³/mol. The van der Waals surface area contributed by atoms with Crippen LogP contribution in [-0.2, 0) is 13.0 Å². The molecular weight excluding hydrogens is 341 g/mol. The zero-order valence-electron chi connectivity index (χ0n) is 14.4. The van der Waals surface area contributed by atoms with E-state index in [0.29, 0.717) is 30.5 Å². The van der Waals surface area contributed by atoms with Crippen LogP contribution in [0.1, 0.15) is 29.7 Å². The number of carbonyl (C=O) groups excluding carboxylic acids is 1. The molecule has 1 fully saturated rings. The molecule has 1 aromatic heterocycles. The number of thiazole rings is 1. The summed E-state index contributed by atoms with van der Waals surface area (Å²) in [6, 6.07) is 3.85. The van der Waals surface area contributed by atoms with Gasteiger partial charge >= 0.3 is 6.03 Å². The number of nitrogens with zero attached hydrogens (tertiary/aromatic N) is 2. The van der Waals surface area contributed by atoms with Crippen molar-refractivity contribution in [2.45, 2.75) is 32.7 Å². The largest absolute Gasteiger partial charge is 0.491 e. The van der Waals surface area contributed by atoms with Gasteiger partial charge in [0.1, 0.15) is 16.6 Å². The van der Waals surface area contributed by atoms with Crippen molar-refractivity contribution in [3.8, 4) is 5.75 Å². The van der Waals surface area contributed by atoms with Gasteiger partial charge < -0.3 is 15.0 Å². The monoisotopic (exact) mass is 363 g/mol. The molecule has 1 N–H and O–H groups in total. The number of amides is 2. The standard InChI is InChI=1S/C18H22FN3O2S/c1-3-14-9-20-17(25-14)10-22(2)18(23)21-15-8-13(19)6-7-16(15)24-11-12-4-5-12/h6-9,12H,3-5,10-11H2,1-2H3,(H,21,23). The summed E-state index contributed by atoms with van der Waals surface area (Å²) in [5.41, 5.74) is 0.353. The van der Waals surface area contributed by atoms with Gasteiger partial charge in [0.15, 0.2) is 0 Å². The number of halogens is 1. The molecule has 1 aliphatic rings. The fraction of sp³-hybridized carbons (Fsp3) is 0.444. The molecule has 2 amide bonds. The molecule has 1 aliphatic carbocycles. The lowest BCUT2D eigenvalue weighted by Gasteiger charge is -2.18. The molecule has 7 heteroatoms. The summed E-state index contributed by atoms with van der Waals surface area (Å²) < 4.78 is 19.3. The third-order valence-electron chi connectivity index (χ3n) is 4.02. The van der Waals surface area contributed by atoms with E-state index in [1.54, 1.807) is 24.5 Å². The van der Waals surface area contributed by atoms with Crippen LogP contribution in [0.4, 0.5) is 14.9 Å².